The molecule has 0 saturated heterocycles. The summed E-state index contributed by atoms with van der Waals surface area (Å²) >= 11 is 0. The van der Waals surface area contributed by atoms with Gasteiger partial charge in [0.15, 0.2) is 23.0 Å². The summed E-state index contributed by atoms with van der Waals surface area (Å²) in [5, 5.41) is 19.8. The fourth-order valence-corrected chi connectivity index (χ4v) is 3.18. The lowest BCUT2D eigenvalue weighted by molar-refractivity contribution is -0.104. The molecule has 0 saturated carbocycles. The minimum absolute atomic E-state index is 0.0335. The Morgan fingerprint density at radius 3 is 2.58 bits per heavy atom. The molecule has 2 aromatic carbocycles. The largest absolute Gasteiger partial charge is 0.504 e. The number of aliphatic hydroxyl groups excluding tert-OH is 1. The predicted molar refractivity (Wildman–Crippen MR) is 95.9 cm³/mol. The molecule has 2 aromatic rings. The van der Waals surface area contributed by atoms with Gasteiger partial charge in [-0.1, -0.05) is 12.1 Å². The molecule has 6 nitrogen and oxygen atoms in total. The molecule has 3 rings (SSSR count). The van der Waals surface area contributed by atoms with Gasteiger partial charge in [-0.3, -0.25) is 4.79 Å². The van der Waals surface area contributed by atoms with Crippen LogP contribution in [0.5, 0.6) is 23.0 Å². The van der Waals surface area contributed by atoms with E-state index < -0.39 is 6.10 Å². The third-order valence-corrected chi connectivity index (χ3v) is 4.43. The van der Waals surface area contributed by atoms with Crippen LogP contribution in [0.3, 0.4) is 0 Å². The van der Waals surface area contributed by atoms with Crippen LogP contribution in [0.15, 0.2) is 36.4 Å². The van der Waals surface area contributed by atoms with Crippen molar-refractivity contribution in [1.29, 1.82) is 0 Å². The van der Waals surface area contributed by atoms with Crippen molar-refractivity contribution in [1.82, 2.24) is 0 Å². The van der Waals surface area contributed by atoms with Crippen LogP contribution in [0.1, 0.15) is 28.7 Å². The molecule has 0 aromatic heterocycles. The summed E-state index contributed by atoms with van der Waals surface area (Å²) in [4.78, 5) is 10.6. The van der Waals surface area contributed by atoms with Gasteiger partial charge in [0, 0.05) is 5.56 Å². The maximum Gasteiger partial charge on any atom is 0.165 e. The average Bonchev–Trinajstić information content (AvgIpc) is 3.04. The third-order valence-electron chi connectivity index (χ3n) is 4.43. The third kappa shape index (κ3) is 3.11. The molecule has 0 amide bonds. The van der Waals surface area contributed by atoms with Gasteiger partial charge in [0.2, 0.25) is 0 Å². The van der Waals surface area contributed by atoms with Crippen molar-refractivity contribution >= 4 is 12.4 Å². The molecule has 6 heteroatoms. The number of aliphatic hydroxyl groups is 1. The Bertz CT molecular complexity index is 842. The highest BCUT2D eigenvalue weighted by molar-refractivity contribution is 5.75. The highest BCUT2D eigenvalue weighted by Gasteiger charge is 2.37. The first-order chi connectivity index (χ1) is 12.6. The summed E-state index contributed by atoms with van der Waals surface area (Å²) in [6, 6.07) is 8.60. The molecule has 0 unspecified atom stereocenters. The number of phenols is 1. The van der Waals surface area contributed by atoms with Crippen LogP contribution in [0.2, 0.25) is 0 Å². The van der Waals surface area contributed by atoms with Gasteiger partial charge >= 0.3 is 0 Å². The van der Waals surface area contributed by atoms with Crippen molar-refractivity contribution in [3.05, 3.63) is 53.1 Å². The van der Waals surface area contributed by atoms with Gasteiger partial charge < -0.3 is 24.4 Å². The molecule has 1 aliphatic heterocycles. The highest BCUT2D eigenvalue weighted by Crippen LogP contribution is 2.51. The number of allylic oxidation sites excluding steroid dienone is 1. The Labute approximate surface area is 151 Å². The number of carbonyl (C=O) groups excluding carboxylic acids is 1. The molecule has 0 spiro atoms. The summed E-state index contributed by atoms with van der Waals surface area (Å²) in [6.45, 7) is -0.134. The summed E-state index contributed by atoms with van der Waals surface area (Å²) in [5.74, 6) is 1.14. The number of carbonyl (C=O) groups is 1. The number of benzene rings is 2. The van der Waals surface area contributed by atoms with Gasteiger partial charge in [0.1, 0.15) is 12.4 Å². The monoisotopic (exact) mass is 356 g/mol. The van der Waals surface area contributed by atoms with Gasteiger partial charge in [0.05, 0.1) is 26.7 Å². The van der Waals surface area contributed by atoms with E-state index in [0.717, 1.165) is 16.7 Å². The normalized spacial score (nSPS) is 18.4. The van der Waals surface area contributed by atoms with Crippen molar-refractivity contribution < 1.29 is 29.2 Å². The molecule has 26 heavy (non-hydrogen) atoms. The van der Waals surface area contributed by atoms with Gasteiger partial charge in [-0.2, -0.15) is 0 Å². The quantitative estimate of drug-likeness (QED) is 0.612. The molecule has 0 aliphatic carbocycles. The van der Waals surface area contributed by atoms with Crippen LogP contribution in [0.25, 0.3) is 6.08 Å². The van der Waals surface area contributed by atoms with Crippen molar-refractivity contribution in [2.45, 2.75) is 12.0 Å². The Morgan fingerprint density at radius 2 is 1.92 bits per heavy atom. The van der Waals surface area contributed by atoms with Crippen LogP contribution in [0, 0.1) is 0 Å². The van der Waals surface area contributed by atoms with E-state index in [2.05, 4.69) is 0 Å². The Kier molecular flexibility index (Phi) is 5.14. The van der Waals surface area contributed by atoms with E-state index in [9.17, 15) is 15.0 Å². The number of aldehydes is 1. The van der Waals surface area contributed by atoms with Crippen molar-refractivity contribution in [3.8, 4) is 23.0 Å². The molecule has 0 bridgehead atoms. The van der Waals surface area contributed by atoms with E-state index >= 15 is 0 Å². The van der Waals surface area contributed by atoms with Gasteiger partial charge in [-0.25, -0.2) is 0 Å². The zero-order valence-electron chi connectivity index (χ0n) is 14.5. The number of methoxy groups -OCH3 is 2. The van der Waals surface area contributed by atoms with Crippen LogP contribution >= 0.6 is 0 Å². The van der Waals surface area contributed by atoms with E-state index in [1.807, 2.05) is 6.07 Å². The zero-order valence-corrected chi connectivity index (χ0v) is 14.5. The first-order valence-corrected chi connectivity index (χ1v) is 8.11. The SMILES string of the molecule is COc1cc([C@@H]2Oc3c(OC)cc(C=CC=O)cc3[C@H]2CO)ccc1O. The van der Waals surface area contributed by atoms with Crippen molar-refractivity contribution in [2.75, 3.05) is 20.8 Å². The van der Waals surface area contributed by atoms with Crippen LogP contribution in [-0.4, -0.2) is 37.3 Å². The number of hydrogen-bond acceptors (Lipinski definition) is 6. The van der Waals surface area contributed by atoms with Gasteiger partial charge in [-0.15, -0.1) is 0 Å². The zero-order chi connectivity index (χ0) is 18.7. The summed E-state index contributed by atoms with van der Waals surface area (Å²) < 4.78 is 16.7. The second-order valence-electron chi connectivity index (χ2n) is 5.90. The second-order valence-corrected chi connectivity index (χ2v) is 5.90. The van der Waals surface area contributed by atoms with Crippen LogP contribution in [0.4, 0.5) is 0 Å². The fraction of sp³-hybridized carbons (Fsp3) is 0.250. The lowest BCUT2D eigenvalue weighted by Gasteiger charge is -2.18. The van der Waals surface area contributed by atoms with Gasteiger partial charge in [-0.05, 0) is 41.5 Å². The maximum absolute atomic E-state index is 10.6. The number of aromatic hydroxyl groups is 1. The Hall–Kier alpha value is -2.99. The molecule has 0 radical (unpaired) electrons. The van der Waals surface area contributed by atoms with E-state index in [1.165, 1.54) is 26.4 Å². The lowest BCUT2D eigenvalue weighted by atomic mass is 9.90. The second kappa shape index (κ2) is 7.49. The molecular weight excluding hydrogens is 336 g/mol. The molecule has 136 valence electrons. The number of ether oxygens (including phenoxy) is 3. The lowest BCUT2D eigenvalue weighted by Crippen LogP contribution is -2.13. The molecule has 1 heterocycles. The first kappa shape index (κ1) is 17.8. The topological polar surface area (TPSA) is 85.2 Å². The maximum atomic E-state index is 10.6. The molecule has 0 fully saturated rings. The van der Waals surface area contributed by atoms with Gasteiger partial charge in [0.25, 0.3) is 0 Å². The Morgan fingerprint density at radius 1 is 1.15 bits per heavy atom. The molecule has 1 aliphatic rings. The van der Waals surface area contributed by atoms with E-state index in [4.69, 9.17) is 14.2 Å². The standard InChI is InChI=1S/C20H20O6/c1-24-17-10-13(5-6-16(17)23)19-15(11-22)14-8-12(4-3-7-21)9-18(25-2)20(14)26-19/h3-10,15,19,22-23H,11H2,1-2H3/t15-,19+/m1/s1. The van der Waals surface area contributed by atoms with E-state index in [0.29, 0.717) is 23.5 Å². The van der Waals surface area contributed by atoms with Crippen molar-refractivity contribution in [3.63, 3.8) is 0 Å². The minimum atomic E-state index is -0.455. The number of rotatable bonds is 6. The smallest absolute Gasteiger partial charge is 0.165 e. The van der Waals surface area contributed by atoms with Crippen LogP contribution in [-0.2, 0) is 4.79 Å². The fourth-order valence-electron chi connectivity index (χ4n) is 3.18. The summed E-state index contributed by atoms with van der Waals surface area (Å²) in [6.07, 6.45) is 3.31. The highest BCUT2D eigenvalue weighted by atomic mass is 16.5. The van der Waals surface area contributed by atoms with Crippen molar-refractivity contribution in [2.24, 2.45) is 0 Å². The Balaban J connectivity index is 2.06. The molecular formula is C20H20O6. The predicted octanol–water partition coefficient (Wildman–Crippen LogP) is 2.83. The molecule has 2 atom stereocenters. The molecule has 2 N–H and O–H groups in total. The van der Waals surface area contributed by atoms with Crippen LogP contribution < -0.4 is 14.2 Å². The van der Waals surface area contributed by atoms with E-state index in [1.54, 1.807) is 24.3 Å². The first-order valence-electron chi connectivity index (χ1n) is 8.11. The minimum Gasteiger partial charge on any atom is -0.504 e. The summed E-state index contributed by atoms with van der Waals surface area (Å²) in [5.41, 5.74) is 2.34. The average molecular weight is 356 g/mol. The number of phenolic OH excluding ortho intramolecular Hbond substituents is 1. The number of fused-ring (bicyclic) bond motifs is 1. The number of hydrogen-bond donors (Lipinski definition) is 2. The summed E-state index contributed by atoms with van der Waals surface area (Å²) in [7, 11) is 3.01. The van der Waals surface area contributed by atoms with E-state index in [-0.39, 0.29) is 18.3 Å².